The zero-order valence-corrected chi connectivity index (χ0v) is 7.21. The lowest BCUT2D eigenvalue weighted by molar-refractivity contribution is 0.314. The molecule has 0 atom stereocenters. The number of hydrogen-bond acceptors (Lipinski definition) is 3. The van der Waals surface area contributed by atoms with E-state index in [1.807, 2.05) is 6.92 Å². The van der Waals surface area contributed by atoms with Gasteiger partial charge in [-0.1, -0.05) is 0 Å². The maximum Gasteiger partial charge on any atom is 0.159 e. The molecule has 0 unspecified atom stereocenters. The first-order valence-corrected chi connectivity index (χ1v) is 4.31. The second-order valence-corrected chi connectivity index (χ2v) is 3.03. The minimum absolute atomic E-state index is 0.805. The highest BCUT2D eigenvalue weighted by molar-refractivity contribution is 5.25. The summed E-state index contributed by atoms with van der Waals surface area (Å²) in [6, 6.07) is 0. The molecule has 1 aliphatic heterocycles. The molecule has 64 valence electrons. The summed E-state index contributed by atoms with van der Waals surface area (Å²) in [5.41, 5.74) is 1.07. The molecule has 0 saturated heterocycles. The van der Waals surface area contributed by atoms with E-state index in [1.165, 1.54) is 6.42 Å². The van der Waals surface area contributed by atoms with Gasteiger partial charge in [0.15, 0.2) is 5.75 Å². The lowest BCUT2D eigenvalue weighted by Gasteiger charge is -2.04. The Bertz CT molecular complexity index is 286. The smallest absolute Gasteiger partial charge is 0.159 e. The average Bonchev–Trinajstić information content (AvgIpc) is 2.28. The normalized spacial score (nSPS) is 16.1. The molecule has 1 aliphatic rings. The molecule has 2 rings (SSSR count). The van der Waals surface area contributed by atoms with Crippen LogP contribution in [0.2, 0.25) is 0 Å². The number of aromatic nitrogens is 2. The van der Waals surface area contributed by atoms with Crippen LogP contribution >= 0.6 is 0 Å². The molecular formula is C9H12N2O. The largest absolute Gasteiger partial charge is 0.490 e. The number of aryl methyl sites for hydroxylation is 2. The third kappa shape index (κ3) is 1.40. The van der Waals surface area contributed by atoms with Gasteiger partial charge in [-0.25, -0.2) is 9.97 Å². The second kappa shape index (κ2) is 3.09. The zero-order valence-electron chi connectivity index (χ0n) is 7.21. The molecule has 0 saturated carbocycles. The van der Waals surface area contributed by atoms with Gasteiger partial charge in [-0.15, -0.1) is 0 Å². The van der Waals surface area contributed by atoms with Crippen molar-refractivity contribution in [2.75, 3.05) is 6.61 Å². The van der Waals surface area contributed by atoms with E-state index in [4.69, 9.17) is 4.74 Å². The monoisotopic (exact) mass is 164 g/mol. The molecule has 0 aliphatic carbocycles. The Balaban J connectivity index is 2.36. The SMILES string of the molecule is Cc1ncc2c(n1)CCCCO2. The van der Waals surface area contributed by atoms with Crippen LogP contribution in [0.15, 0.2) is 6.20 Å². The highest BCUT2D eigenvalue weighted by Crippen LogP contribution is 2.20. The van der Waals surface area contributed by atoms with Gasteiger partial charge in [0.1, 0.15) is 5.82 Å². The number of ether oxygens (including phenoxy) is 1. The van der Waals surface area contributed by atoms with Crippen LogP contribution in [0.1, 0.15) is 24.4 Å². The Morgan fingerprint density at radius 2 is 2.33 bits per heavy atom. The quantitative estimate of drug-likeness (QED) is 0.583. The first-order chi connectivity index (χ1) is 5.86. The van der Waals surface area contributed by atoms with Crippen LogP contribution in [0.3, 0.4) is 0 Å². The summed E-state index contributed by atoms with van der Waals surface area (Å²) in [7, 11) is 0. The lowest BCUT2D eigenvalue weighted by atomic mass is 10.2. The first kappa shape index (κ1) is 7.53. The first-order valence-electron chi connectivity index (χ1n) is 4.31. The highest BCUT2D eigenvalue weighted by Gasteiger charge is 2.09. The molecule has 1 aromatic heterocycles. The third-order valence-electron chi connectivity index (χ3n) is 2.02. The minimum atomic E-state index is 0.805. The number of nitrogens with zero attached hydrogens (tertiary/aromatic N) is 2. The molecule has 3 nitrogen and oxygen atoms in total. The van der Waals surface area contributed by atoms with Crippen LogP contribution in [0.5, 0.6) is 5.75 Å². The molecule has 0 fully saturated rings. The number of rotatable bonds is 0. The van der Waals surface area contributed by atoms with Crippen molar-refractivity contribution in [2.45, 2.75) is 26.2 Å². The van der Waals surface area contributed by atoms with Gasteiger partial charge in [-0.3, -0.25) is 0 Å². The highest BCUT2D eigenvalue weighted by atomic mass is 16.5. The molecule has 0 aromatic carbocycles. The Labute approximate surface area is 71.8 Å². The van der Waals surface area contributed by atoms with Crippen LogP contribution in [0.4, 0.5) is 0 Å². The molecule has 12 heavy (non-hydrogen) atoms. The number of hydrogen-bond donors (Lipinski definition) is 0. The van der Waals surface area contributed by atoms with Gasteiger partial charge in [0.2, 0.25) is 0 Å². The van der Waals surface area contributed by atoms with Gasteiger partial charge in [-0.2, -0.15) is 0 Å². The van der Waals surface area contributed by atoms with Crippen molar-refractivity contribution >= 4 is 0 Å². The predicted molar refractivity (Wildman–Crippen MR) is 45.2 cm³/mol. The van der Waals surface area contributed by atoms with Crippen LogP contribution in [-0.4, -0.2) is 16.6 Å². The number of fused-ring (bicyclic) bond motifs is 1. The van der Waals surface area contributed by atoms with Crippen LogP contribution in [0.25, 0.3) is 0 Å². The van der Waals surface area contributed by atoms with Crippen molar-refractivity contribution in [3.05, 3.63) is 17.7 Å². The van der Waals surface area contributed by atoms with Crippen LogP contribution in [0, 0.1) is 6.92 Å². The van der Waals surface area contributed by atoms with E-state index in [-0.39, 0.29) is 0 Å². The fraction of sp³-hybridized carbons (Fsp3) is 0.556. The molecule has 3 heteroatoms. The van der Waals surface area contributed by atoms with Crippen molar-refractivity contribution in [3.8, 4) is 5.75 Å². The Morgan fingerprint density at radius 3 is 3.25 bits per heavy atom. The molecule has 0 bridgehead atoms. The third-order valence-corrected chi connectivity index (χ3v) is 2.02. The average molecular weight is 164 g/mol. The van der Waals surface area contributed by atoms with E-state index in [1.54, 1.807) is 6.20 Å². The maximum atomic E-state index is 5.48. The topological polar surface area (TPSA) is 35.0 Å². The van der Waals surface area contributed by atoms with Gasteiger partial charge in [0.25, 0.3) is 0 Å². The Kier molecular flexibility index (Phi) is 1.94. The fourth-order valence-electron chi connectivity index (χ4n) is 1.38. The van der Waals surface area contributed by atoms with E-state index >= 15 is 0 Å². The molecule has 0 radical (unpaired) electrons. The van der Waals surface area contributed by atoms with Gasteiger partial charge >= 0.3 is 0 Å². The van der Waals surface area contributed by atoms with Crippen molar-refractivity contribution in [1.29, 1.82) is 0 Å². The Morgan fingerprint density at radius 1 is 1.42 bits per heavy atom. The van der Waals surface area contributed by atoms with E-state index in [2.05, 4.69) is 9.97 Å². The summed E-state index contributed by atoms with van der Waals surface area (Å²) in [5.74, 6) is 1.71. The van der Waals surface area contributed by atoms with Gasteiger partial charge in [-0.05, 0) is 26.2 Å². The summed E-state index contributed by atoms with van der Waals surface area (Å²) in [4.78, 5) is 8.44. The molecule has 0 amide bonds. The van der Waals surface area contributed by atoms with Gasteiger partial charge in [0, 0.05) is 0 Å². The lowest BCUT2D eigenvalue weighted by Crippen LogP contribution is -1.98. The summed E-state index contributed by atoms with van der Waals surface area (Å²) in [5, 5.41) is 0. The molecule has 0 spiro atoms. The van der Waals surface area contributed by atoms with Crippen molar-refractivity contribution in [3.63, 3.8) is 0 Å². The van der Waals surface area contributed by atoms with E-state index in [0.717, 1.165) is 36.7 Å². The summed E-state index contributed by atoms with van der Waals surface area (Å²) in [6.45, 7) is 2.71. The maximum absolute atomic E-state index is 5.48. The van der Waals surface area contributed by atoms with E-state index < -0.39 is 0 Å². The summed E-state index contributed by atoms with van der Waals surface area (Å²) < 4.78 is 5.48. The summed E-state index contributed by atoms with van der Waals surface area (Å²) in [6.07, 6.45) is 5.10. The van der Waals surface area contributed by atoms with E-state index in [9.17, 15) is 0 Å². The molecule has 0 N–H and O–H groups in total. The van der Waals surface area contributed by atoms with Crippen LogP contribution < -0.4 is 4.74 Å². The summed E-state index contributed by atoms with van der Waals surface area (Å²) >= 11 is 0. The standard InChI is InChI=1S/C9H12N2O/c1-7-10-6-9-8(11-7)4-2-3-5-12-9/h6H,2-5H2,1H3. The van der Waals surface area contributed by atoms with Crippen molar-refractivity contribution in [1.82, 2.24) is 9.97 Å². The van der Waals surface area contributed by atoms with Crippen LogP contribution in [-0.2, 0) is 6.42 Å². The van der Waals surface area contributed by atoms with Crippen molar-refractivity contribution in [2.24, 2.45) is 0 Å². The molecule has 2 heterocycles. The van der Waals surface area contributed by atoms with Crippen molar-refractivity contribution < 1.29 is 4.74 Å². The fourth-order valence-corrected chi connectivity index (χ4v) is 1.38. The zero-order chi connectivity index (χ0) is 8.39. The molecular weight excluding hydrogens is 152 g/mol. The minimum Gasteiger partial charge on any atom is -0.490 e. The second-order valence-electron chi connectivity index (χ2n) is 3.03. The van der Waals surface area contributed by atoms with E-state index in [0.29, 0.717) is 0 Å². The predicted octanol–water partition coefficient (Wildman–Crippen LogP) is 1.50. The molecule has 1 aromatic rings. The van der Waals surface area contributed by atoms with Gasteiger partial charge < -0.3 is 4.74 Å². The Hall–Kier alpha value is -1.12. The van der Waals surface area contributed by atoms with Gasteiger partial charge in [0.05, 0.1) is 18.5 Å².